The highest BCUT2D eigenvalue weighted by Gasteiger charge is 2.09. The first-order valence-corrected chi connectivity index (χ1v) is 7.73. The molecule has 1 saturated heterocycles. The fourth-order valence-electron chi connectivity index (χ4n) is 2.62. The number of likely N-dealkylation sites (tertiary alicyclic amines) is 1. The normalized spacial score (nSPS) is 16.4. The van der Waals surface area contributed by atoms with Crippen molar-refractivity contribution in [3.05, 3.63) is 29.6 Å². The average Bonchev–Trinajstić information content (AvgIpc) is 3.05. The molecule has 0 aliphatic carbocycles. The molecule has 0 atom stereocenters. The summed E-state index contributed by atoms with van der Waals surface area (Å²) in [5.41, 5.74) is 1.25. The van der Waals surface area contributed by atoms with Gasteiger partial charge in [0, 0.05) is 16.9 Å². The van der Waals surface area contributed by atoms with Crippen molar-refractivity contribution in [3.8, 4) is 0 Å². The highest BCUT2D eigenvalue weighted by molar-refractivity contribution is 7.17. The van der Waals surface area contributed by atoms with E-state index in [1.807, 2.05) is 0 Å². The van der Waals surface area contributed by atoms with Crippen molar-refractivity contribution >= 4 is 27.1 Å². The van der Waals surface area contributed by atoms with E-state index in [1.165, 1.54) is 54.7 Å². The predicted molar refractivity (Wildman–Crippen MR) is 80.6 cm³/mol. The minimum absolute atomic E-state index is 1.08. The summed E-state index contributed by atoms with van der Waals surface area (Å²) in [6.45, 7) is 4.93. The minimum atomic E-state index is 1.08. The third-order valence-electron chi connectivity index (χ3n) is 3.63. The summed E-state index contributed by atoms with van der Waals surface area (Å²) in [5.74, 6) is 0. The summed E-state index contributed by atoms with van der Waals surface area (Å²) in [7, 11) is 0. The lowest BCUT2D eigenvalue weighted by atomic mass is 10.2. The van der Waals surface area contributed by atoms with Crippen LogP contribution in [-0.4, -0.2) is 31.1 Å². The lowest BCUT2D eigenvalue weighted by Gasteiger charge is -2.14. The second-order valence-corrected chi connectivity index (χ2v) is 5.95. The number of fused-ring (bicyclic) bond motifs is 1. The number of hydrogen-bond donors (Lipinski definition) is 1. The highest BCUT2D eigenvalue weighted by atomic mass is 32.1. The highest BCUT2D eigenvalue weighted by Crippen LogP contribution is 2.23. The van der Waals surface area contributed by atoms with Gasteiger partial charge in [-0.3, -0.25) is 0 Å². The summed E-state index contributed by atoms with van der Waals surface area (Å²) < 4.78 is 1.37. The summed E-state index contributed by atoms with van der Waals surface area (Å²) in [6.07, 6.45) is 4.02. The molecule has 1 N–H and O–H groups in total. The zero-order chi connectivity index (χ0) is 12.2. The molecule has 1 aliphatic rings. The Morgan fingerprint density at radius 1 is 1.17 bits per heavy atom. The van der Waals surface area contributed by atoms with E-state index in [2.05, 4.69) is 39.9 Å². The first-order valence-electron chi connectivity index (χ1n) is 6.85. The SMILES string of the molecule is c1cc2cc(NCCCN3CCCC3)ccc2s1. The molecule has 3 heteroatoms. The molecule has 2 nitrogen and oxygen atoms in total. The third kappa shape index (κ3) is 2.85. The van der Waals surface area contributed by atoms with E-state index in [9.17, 15) is 0 Å². The van der Waals surface area contributed by atoms with Crippen LogP contribution >= 0.6 is 11.3 Å². The topological polar surface area (TPSA) is 15.3 Å². The van der Waals surface area contributed by atoms with Crippen molar-refractivity contribution in [1.82, 2.24) is 4.90 Å². The number of benzene rings is 1. The van der Waals surface area contributed by atoms with Gasteiger partial charge < -0.3 is 10.2 Å². The first-order chi connectivity index (χ1) is 8.92. The van der Waals surface area contributed by atoms with E-state index >= 15 is 0 Å². The summed E-state index contributed by atoms with van der Waals surface area (Å²) >= 11 is 1.81. The number of nitrogens with zero attached hydrogens (tertiary/aromatic N) is 1. The van der Waals surface area contributed by atoms with Crippen LogP contribution in [0.25, 0.3) is 10.1 Å². The van der Waals surface area contributed by atoms with Gasteiger partial charge in [0.2, 0.25) is 0 Å². The fraction of sp³-hybridized carbons (Fsp3) is 0.467. The molecule has 3 rings (SSSR count). The second-order valence-electron chi connectivity index (χ2n) is 5.00. The van der Waals surface area contributed by atoms with E-state index in [4.69, 9.17) is 0 Å². The van der Waals surface area contributed by atoms with Crippen LogP contribution in [0.15, 0.2) is 29.6 Å². The van der Waals surface area contributed by atoms with Crippen LogP contribution in [0.3, 0.4) is 0 Å². The van der Waals surface area contributed by atoms with Gasteiger partial charge in [-0.15, -0.1) is 11.3 Å². The molecule has 2 aromatic rings. The smallest absolute Gasteiger partial charge is 0.0347 e. The van der Waals surface area contributed by atoms with Crippen LogP contribution in [0.5, 0.6) is 0 Å². The van der Waals surface area contributed by atoms with Gasteiger partial charge in [-0.05, 0) is 73.9 Å². The number of hydrogen-bond acceptors (Lipinski definition) is 3. The van der Waals surface area contributed by atoms with Crippen molar-refractivity contribution in [2.75, 3.05) is 31.5 Å². The first kappa shape index (κ1) is 12.0. The van der Waals surface area contributed by atoms with Gasteiger partial charge in [0.15, 0.2) is 0 Å². The summed E-state index contributed by atoms with van der Waals surface area (Å²) in [6, 6.07) is 8.84. The van der Waals surface area contributed by atoms with Gasteiger partial charge in [-0.25, -0.2) is 0 Å². The van der Waals surface area contributed by atoms with E-state index < -0.39 is 0 Å². The average molecular weight is 260 g/mol. The third-order valence-corrected chi connectivity index (χ3v) is 4.53. The molecule has 1 fully saturated rings. The lowest BCUT2D eigenvalue weighted by Crippen LogP contribution is -2.22. The zero-order valence-corrected chi connectivity index (χ0v) is 11.5. The van der Waals surface area contributed by atoms with Crippen molar-refractivity contribution < 1.29 is 0 Å². The molecule has 0 saturated carbocycles. The standard InChI is InChI=1S/C15H20N2S/c1-2-9-17(8-1)10-3-7-16-14-4-5-15-13(12-14)6-11-18-15/h4-6,11-12,16H,1-3,7-10H2. The Labute approximate surface area is 113 Å². The van der Waals surface area contributed by atoms with Crippen LogP contribution < -0.4 is 5.32 Å². The number of thiophene rings is 1. The van der Waals surface area contributed by atoms with E-state index in [0.29, 0.717) is 0 Å². The molecule has 0 bridgehead atoms. The quantitative estimate of drug-likeness (QED) is 0.823. The molecule has 0 amide bonds. The molecule has 1 aromatic carbocycles. The van der Waals surface area contributed by atoms with Crippen molar-refractivity contribution in [2.24, 2.45) is 0 Å². The van der Waals surface area contributed by atoms with E-state index in [0.717, 1.165) is 6.54 Å². The van der Waals surface area contributed by atoms with Gasteiger partial charge in [0.05, 0.1) is 0 Å². The maximum Gasteiger partial charge on any atom is 0.0347 e. The Hall–Kier alpha value is -1.06. The van der Waals surface area contributed by atoms with Gasteiger partial charge in [0.1, 0.15) is 0 Å². The van der Waals surface area contributed by atoms with Crippen molar-refractivity contribution in [1.29, 1.82) is 0 Å². The second kappa shape index (κ2) is 5.72. The van der Waals surface area contributed by atoms with Gasteiger partial charge in [-0.2, -0.15) is 0 Å². The Morgan fingerprint density at radius 2 is 2.06 bits per heavy atom. The zero-order valence-electron chi connectivity index (χ0n) is 10.7. The number of nitrogens with one attached hydrogen (secondary N) is 1. The van der Waals surface area contributed by atoms with Crippen molar-refractivity contribution in [3.63, 3.8) is 0 Å². The lowest BCUT2D eigenvalue weighted by molar-refractivity contribution is 0.337. The molecular weight excluding hydrogens is 240 g/mol. The van der Waals surface area contributed by atoms with E-state index in [1.54, 1.807) is 11.3 Å². The van der Waals surface area contributed by atoms with Crippen LogP contribution in [-0.2, 0) is 0 Å². The molecular formula is C15H20N2S. The number of anilines is 1. The Kier molecular flexibility index (Phi) is 3.81. The molecule has 0 spiro atoms. The van der Waals surface area contributed by atoms with Crippen molar-refractivity contribution in [2.45, 2.75) is 19.3 Å². The van der Waals surface area contributed by atoms with Gasteiger partial charge in [-0.1, -0.05) is 0 Å². The van der Waals surface area contributed by atoms with E-state index in [-0.39, 0.29) is 0 Å². The molecule has 18 heavy (non-hydrogen) atoms. The van der Waals surface area contributed by atoms with Crippen LogP contribution in [0, 0.1) is 0 Å². The molecule has 1 aliphatic heterocycles. The fourth-order valence-corrected chi connectivity index (χ4v) is 3.39. The predicted octanol–water partition coefficient (Wildman–Crippen LogP) is 3.80. The summed E-state index contributed by atoms with van der Waals surface area (Å²) in [5, 5.41) is 7.03. The largest absolute Gasteiger partial charge is 0.385 e. The van der Waals surface area contributed by atoms with Crippen LogP contribution in [0.2, 0.25) is 0 Å². The molecule has 1 aromatic heterocycles. The Morgan fingerprint density at radius 3 is 2.94 bits per heavy atom. The molecule has 0 radical (unpaired) electrons. The Balaban J connectivity index is 1.47. The molecule has 2 heterocycles. The molecule has 0 unspecified atom stereocenters. The minimum Gasteiger partial charge on any atom is -0.385 e. The molecule has 96 valence electrons. The Bertz CT molecular complexity index is 500. The van der Waals surface area contributed by atoms with Gasteiger partial charge in [0.25, 0.3) is 0 Å². The maximum absolute atomic E-state index is 3.53. The van der Waals surface area contributed by atoms with Crippen LogP contribution in [0.1, 0.15) is 19.3 Å². The number of rotatable bonds is 5. The summed E-state index contributed by atoms with van der Waals surface area (Å²) in [4.78, 5) is 2.57. The monoisotopic (exact) mass is 260 g/mol. The van der Waals surface area contributed by atoms with Gasteiger partial charge >= 0.3 is 0 Å². The van der Waals surface area contributed by atoms with Crippen LogP contribution in [0.4, 0.5) is 5.69 Å². The maximum atomic E-state index is 3.53.